The van der Waals surface area contributed by atoms with E-state index in [1.165, 1.54) is 0 Å². The predicted molar refractivity (Wildman–Crippen MR) is 115 cm³/mol. The molecule has 1 amide bonds. The number of methoxy groups -OCH3 is 2. The largest absolute Gasteiger partial charge is 0.497 e. The van der Waals surface area contributed by atoms with Gasteiger partial charge in [0, 0.05) is 51.4 Å². The van der Waals surface area contributed by atoms with Crippen molar-refractivity contribution < 1.29 is 23.2 Å². The van der Waals surface area contributed by atoms with Crippen molar-refractivity contribution in [1.29, 1.82) is 0 Å². The summed E-state index contributed by atoms with van der Waals surface area (Å²) in [5.41, 5.74) is 1.30. The van der Waals surface area contributed by atoms with E-state index in [0.29, 0.717) is 18.1 Å². The Morgan fingerprint density at radius 3 is 2.65 bits per heavy atom. The minimum atomic E-state index is -0.261. The maximum absolute atomic E-state index is 12.3. The highest BCUT2D eigenvalue weighted by molar-refractivity contribution is 5.92. The minimum absolute atomic E-state index is 0.239. The lowest BCUT2D eigenvalue weighted by atomic mass is 10.2. The van der Waals surface area contributed by atoms with Crippen LogP contribution in [0.4, 0.5) is 5.69 Å². The second-order valence-corrected chi connectivity index (χ2v) is 7.18. The number of aromatic nitrogens is 1. The van der Waals surface area contributed by atoms with E-state index < -0.39 is 0 Å². The van der Waals surface area contributed by atoms with Crippen LogP contribution in [0.15, 0.2) is 51.6 Å². The van der Waals surface area contributed by atoms with Crippen LogP contribution < -0.4 is 19.7 Å². The van der Waals surface area contributed by atoms with Crippen molar-refractivity contribution >= 4 is 11.6 Å². The monoisotopic (exact) mass is 426 g/mol. The molecule has 3 heterocycles. The fraction of sp³-hybridized carbons (Fsp3) is 0.364. The summed E-state index contributed by atoms with van der Waals surface area (Å²) in [4.78, 5) is 16.9. The van der Waals surface area contributed by atoms with Gasteiger partial charge in [-0.2, -0.15) is 0 Å². The van der Waals surface area contributed by atoms with Gasteiger partial charge in [-0.05, 0) is 24.3 Å². The zero-order valence-corrected chi connectivity index (χ0v) is 17.7. The number of furan rings is 1. The summed E-state index contributed by atoms with van der Waals surface area (Å²) in [6.07, 6.45) is 1.54. The SMILES string of the molecule is COc1ccc(N2CCN(CCNC(=O)c3cc(-c4ccco4)on3)CC2)c(OC)c1. The van der Waals surface area contributed by atoms with E-state index in [1.807, 2.05) is 18.2 Å². The van der Waals surface area contributed by atoms with Gasteiger partial charge >= 0.3 is 0 Å². The summed E-state index contributed by atoms with van der Waals surface area (Å²) in [6, 6.07) is 11.0. The van der Waals surface area contributed by atoms with Crippen molar-refractivity contribution in [1.82, 2.24) is 15.4 Å². The van der Waals surface area contributed by atoms with Gasteiger partial charge in [-0.1, -0.05) is 5.16 Å². The van der Waals surface area contributed by atoms with Crippen molar-refractivity contribution in [3.63, 3.8) is 0 Å². The third-order valence-corrected chi connectivity index (χ3v) is 5.32. The average molecular weight is 426 g/mol. The van der Waals surface area contributed by atoms with E-state index >= 15 is 0 Å². The molecule has 0 radical (unpaired) electrons. The maximum Gasteiger partial charge on any atom is 0.273 e. The van der Waals surface area contributed by atoms with Gasteiger partial charge in [-0.15, -0.1) is 0 Å². The van der Waals surface area contributed by atoms with Crippen LogP contribution in [0, 0.1) is 0 Å². The number of nitrogens with zero attached hydrogens (tertiary/aromatic N) is 3. The molecule has 9 nitrogen and oxygen atoms in total. The smallest absolute Gasteiger partial charge is 0.273 e. The van der Waals surface area contributed by atoms with Gasteiger partial charge in [0.2, 0.25) is 5.76 Å². The van der Waals surface area contributed by atoms with Crippen LogP contribution in [-0.4, -0.2) is 69.5 Å². The first kappa shape index (κ1) is 20.8. The van der Waals surface area contributed by atoms with E-state index in [-0.39, 0.29) is 11.6 Å². The van der Waals surface area contributed by atoms with Crippen LogP contribution >= 0.6 is 0 Å². The number of anilines is 1. The van der Waals surface area contributed by atoms with Gasteiger partial charge in [-0.25, -0.2) is 0 Å². The lowest BCUT2D eigenvalue weighted by molar-refractivity contribution is 0.0938. The summed E-state index contributed by atoms with van der Waals surface area (Å²) >= 11 is 0. The number of carbonyl (C=O) groups excluding carboxylic acids is 1. The second-order valence-electron chi connectivity index (χ2n) is 7.18. The number of hydrogen-bond donors (Lipinski definition) is 1. The molecular formula is C22H26N4O5. The molecule has 3 aromatic rings. The average Bonchev–Trinajstić information content (AvgIpc) is 3.51. The van der Waals surface area contributed by atoms with E-state index in [0.717, 1.165) is 49.9 Å². The molecule has 1 fully saturated rings. The van der Waals surface area contributed by atoms with Crippen molar-refractivity contribution in [3.05, 3.63) is 48.4 Å². The van der Waals surface area contributed by atoms with Gasteiger partial charge in [0.25, 0.3) is 5.91 Å². The summed E-state index contributed by atoms with van der Waals surface area (Å²) in [6.45, 7) is 4.87. The third-order valence-electron chi connectivity index (χ3n) is 5.32. The number of amides is 1. The Kier molecular flexibility index (Phi) is 6.42. The van der Waals surface area contributed by atoms with Gasteiger partial charge in [0.15, 0.2) is 11.5 Å². The minimum Gasteiger partial charge on any atom is -0.497 e. The number of nitrogens with one attached hydrogen (secondary N) is 1. The first-order valence-electron chi connectivity index (χ1n) is 10.2. The van der Waals surface area contributed by atoms with E-state index in [4.69, 9.17) is 18.4 Å². The summed E-state index contributed by atoms with van der Waals surface area (Å²) in [7, 11) is 3.32. The highest BCUT2D eigenvalue weighted by Crippen LogP contribution is 2.32. The first-order valence-corrected chi connectivity index (χ1v) is 10.2. The van der Waals surface area contributed by atoms with E-state index in [2.05, 4.69) is 20.3 Å². The molecule has 0 atom stereocenters. The molecule has 1 aromatic carbocycles. The van der Waals surface area contributed by atoms with E-state index in [1.54, 1.807) is 38.7 Å². The quantitative estimate of drug-likeness (QED) is 0.587. The Labute approximate surface area is 180 Å². The van der Waals surface area contributed by atoms with Gasteiger partial charge in [-0.3, -0.25) is 9.69 Å². The molecule has 0 spiro atoms. The molecule has 1 aliphatic rings. The topological polar surface area (TPSA) is 93.2 Å². The highest BCUT2D eigenvalue weighted by atomic mass is 16.5. The van der Waals surface area contributed by atoms with Crippen LogP contribution in [0.2, 0.25) is 0 Å². The number of benzene rings is 1. The number of piperazine rings is 1. The molecule has 31 heavy (non-hydrogen) atoms. The Hall–Kier alpha value is -3.46. The standard InChI is InChI=1S/C22H26N4O5/c1-28-16-5-6-18(20(14-16)29-2)26-11-9-25(10-12-26)8-7-23-22(27)17-15-21(31-24-17)19-4-3-13-30-19/h3-6,13-15H,7-12H2,1-2H3,(H,23,27). The predicted octanol–water partition coefficient (Wildman–Crippen LogP) is 2.50. The Balaban J connectivity index is 1.23. The maximum atomic E-state index is 12.3. The molecule has 1 N–H and O–H groups in total. The van der Waals surface area contributed by atoms with Gasteiger partial charge < -0.3 is 28.6 Å². The molecule has 4 rings (SSSR count). The van der Waals surface area contributed by atoms with Crippen molar-refractivity contribution in [3.8, 4) is 23.0 Å². The molecule has 0 aliphatic carbocycles. The highest BCUT2D eigenvalue weighted by Gasteiger charge is 2.20. The van der Waals surface area contributed by atoms with Crippen molar-refractivity contribution in [2.75, 3.05) is 58.4 Å². The zero-order valence-electron chi connectivity index (χ0n) is 17.7. The molecule has 0 bridgehead atoms. The molecule has 1 saturated heterocycles. The lowest BCUT2D eigenvalue weighted by Crippen LogP contribution is -2.48. The van der Waals surface area contributed by atoms with Crippen LogP contribution in [0.5, 0.6) is 11.5 Å². The molecule has 2 aromatic heterocycles. The Bertz CT molecular complexity index is 993. The number of carbonyl (C=O) groups is 1. The fourth-order valence-electron chi connectivity index (χ4n) is 3.59. The van der Waals surface area contributed by atoms with Crippen LogP contribution in [0.1, 0.15) is 10.5 Å². The second kappa shape index (κ2) is 9.57. The number of rotatable bonds is 8. The van der Waals surface area contributed by atoms with Crippen LogP contribution in [-0.2, 0) is 0 Å². The lowest BCUT2D eigenvalue weighted by Gasteiger charge is -2.36. The summed E-state index contributed by atoms with van der Waals surface area (Å²) in [5, 5.41) is 6.72. The molecule has 164 valence electrons. The summed E-state index contributed by atoms with van der Waals surface area (Å²) < 4.78 is 21.2. The number of ether oxygens (including phenoxy) is 2. The molecule has 1 aliphatic heterocycles. The molecule has 9 heteroatoms. The Morgan fingerprint density at radius 2 is 1.94 bits per heavy atom. The Morgan fingerprint density at radius 1 is 1.10 bits per heavy atom. The fourth-order valence-corrected chi connectivity index (χ4v) is 3.59. The van der Waals surface area contributed by atoms with Crippen LogP contribution in [0.3, 0.4) is 0 Å². The van der Waals surface area contributed by atoms with Gasteiger partial charge in [0.05, 0.1) is 26.2 Å². The first-order chi connectivity index (χ1) is 15.2. The van der Waals surface area contributed by atoms with Crippen molar-refractivity contribution in [2.24, 2.45) is 0 Å². The molecule has 0 unspecified atom stereocenters. The third kappa shape index (κ3) is 4.83. The van der Waals surface area contributed by atoms with Crippen LogP contribution in [0.25, 0.3) is 11.5 Å². The zero-order chi connectivity index (χ0) is 21.6. The van der Waals surface area contributed by atoms with Gasteiger partial charge in [0.1, 0.15) is 11.5 Å². The normalized spacial score (nSPS) is 14.5. The summed E-state index contributed by atoms with van der Waals surface area (Å²) in [5.74, 6) is 2.29. The molecule has 0 saturated carbocycles. The van der Waals surface area contributed by atoms with E-state index in [9.17, 15) is 4.79 Å². The molecular weight excluding hydrogens is 400 g/mol. The van der Waals surface area contributed by atoms with Crippen molar-refractivity contribution in [2.45, 2.75) is 0 Å². The number of hydrogen-bond acceptors (Lipinski definition) is 8.